The predicted molar refractivity (Wildman–Crippen MR) is 58.7 cm³/mol. The number of rotatable bonds is 3. The number of hydrogen-bond donors (Lipinski definition) is 1. The molecule has 0 aliphatic heterocycles. The lowest BCUT2D eigenvalue weighted by molar-refractivity contribution is 0.319. The summed E-state index contributed by atoms with van der Waals surface area (Å²) in [6.45, 7) is 2.85. The van der Waals surface area contributed by atoms with E-state index in [0.29, 0.717) is 0 Å². The Balaban J connectivity index is 2.23. The SMILES string of the molecule is CCCOc1cc2c(cc1N)CCC2. The second kappa shape index (κ2) is 3.91. The lowest BCUT2D eigenvalue weighted by Crippen LogP contribution is -2.00. The van der Waals surface area contributed by atoms with E-state index in [1.54, 1.807) is 0 Å². The summed E-state index contributed by atoms with van der Waals surface area (Å²) in [6, 6.07) is 4.20. The topological polar surface area (TPSA) is 35.2 Å². The van der Waals surface area contributed by atoms with Crippen molar-refractivity contribution < 1.29 is 4.74 Å². The van der Waals surface area contributed by atoms with E-state index in [0.717, 1.165) is 24.5 Å². The van der Waals surface area contributed by atoms with Gasteiger partial charge >= 0.3 is 0 Å². The van der Waals surface area contributed by atoms with Crippen molar-refractivity contribution in [3.8, 4) is 5.75 Å². The van der Waals surface area contributed by atoms with Crippen LogP contribution < -0.4 is 10.5 Å². The Morgan fingerprint density at radius 1 is 1.29 bits per heavy atom. The van der Waals surface area contributed by atoms with E-state index < -0.39 is 0 Å². The summed E-state index contributed by atoms with van der Waals surface area (Å²) in [5.41, 5.74) is 9.53. The number of nitrogens with two attached hydrogens (primary N) is 1. The van der Waals surface area contributed by atoms with Crippen LogP contribution in [-0.2, 0) is 12.8 Å². The van der Waals surface area contributed by atoms with Gasteiger partial charge in [0.1, 0.15) is 5.75 Å². The molecule has 1 aromatic rings. The third-order valence-electron chi connectivity index (χ3n) is 2.69. The molecule has 0 unspecified atom stereocenters. The van der Waals surface area contributed by atoms with Crippen LogP contribution in [0.15, 0.2) is 12.1 Å². The Hall–Kier alpha value is -1.18. The van der Waals surface area contributed by atoms with Gasteiger partial charge in [0, 0.05) is 0 Å². The Morgan fingerprint density at radius 2 is 2.00 bits per heavy atom. The third-order valence-corrected chi connectivity index (χ3v) is 2.69. The highest BCUT2D eigenvalue weighted by Crippen LogP contribution is 2.31. The van der Waals surface area contributed by atoms with Crippen molar-refractivity contribution in [2.24, 2.45) is 0 Å². The molecule has 0 fully saturated rings. The van der Waals surface area contributed by atoms with Crippen molar-refractivity contribution in [1.29, 1.82) is 0 Å². The maximum Gasteiger partial charge on any atom is 0.142 e. The average Bonchev–Trinajstić information content (AvgIpc) is 2.61. The van der Waals surface area contributed by atoms with Crippen LogP contribution in [0, 0.1) is 0 Å². The summed E-state index contributed by atoms with van der Waals surface area (Å²) in [4.78, 5) is 0. The summed E-state index contributed by atoms with van der Waals surface area (Å²) < 4.78 is 5.59. The summed E-state index contributed by atoms with van der Waals surface area (Å²) in [7, 11) is 0. The molecule has 2 heteroatoms. The van der Waals surface area contributed by atoms with Crippen molar-refractivity contribution in [2.45, 2.75) is 32.6 Å². The number of aryl methyl sites for hydroxylation is 2. The van der Waals surface area contributed by atoms with Crippen LogP contribution in [0.1, 0.15) is 30.9 Å². The molecule has 0 atom stereocenters. The molecule has 2 rings (SSSR count). The molecule has 0 spiro atoms. The molecule has 0 bridgehead atoms. The molecule has 2 N–H and O–H groups in total. The first-order valence-electron chi connectivity index (χ1n) is 5.35. The van der Waals surface area contributed by atoms with Gasteiger partial charge in [0.05, 0.1) is 12.3 Å². The van der Waals surface area contributed by atoms with Gasteiger partial charge in [-0.25, -0.2) is 0 Å². The molecule has 76 valence electrons. The van der Waals surface area contributed by atoms with Gasteiger partial charge in [-0.05, 0) is 48.9 Å². The molecular formula is C12H17NO. The Morgan fingerprint density at radius 3 is 2.71 bits per heavy atom. The van der Waals surface area contributed by atoms with Crippen LogP contribution in [0.3, 0.4) is 0 Å². The molecule has 1 aromatic carbocycles. The van der Waals surface area contributed by atoms with E-state index in [4.69, 9.17) is 10.5 Å². The van der Waals surface area contributed by atoms with Crippen LogP contribution in [0.4, 0.5) is 5.69 Å². The van der Waals surface area contributed by atoms with Gasteiger partial charge in [-0.2, -0.15) is 0 Å². The zero-order valence-corrected chi connectivity index (χ0v) is 8.68. The summed E-state index contributed by atoms with van der Waals surface area (Å²) >= 11 is 0. The van der Waals surface area contributed by atoms with Crippen molar-refractivity contribution in [1.82, 2.24) is 0 Å². The summed E-state index contributed by atoms with van der Waals surface area (Å²) in [5.74, 6) is 0.868. The van der Waals surface area contributed by atoms with Crippen molar-refractivity contribution in [3.63, 3.8) is 0 Å². The van der Waals surface area contributed by atoms with E-state index >= 15 is 0 Å². The monoisotopic (exact) mass is 191 g/mol. The molecule has 0 heterocycles. The number of fused-ring (bicyclic) bond motifs is 1. The van der Waals surface area contributed by atoms with Crippen LogP contribution in [-0.4, -0.2) is 6.61 Å². The minimum Gasteiger partial charge on any atom is -0.491 e. The zero-order valence-electron chi connectivity index (χ0n) is 8.68. The standard InChI is InChI=1S/C12H17NO/c1-2-6-14-12-8-10-5-3-4-9(10)7-11(12)13/h7-8H,2-6,13H2,1H3. The van der Waals surface area contributed by atoms with Crippen LogP contribution in [0.25, 0.3) is 0 Å². The van der Waals surface area contributed by atoms with Gasteiger partial charge in [0.25, 0.3) is 0 Å². The maximum absolute atomic E-state index is 5.91. The lowest BCUT2D eigenvalue weighted by atomic mass is 10.1. The van der Waals surface area contributed by atoms with Crippen molar-refractivity contribution in [3.05, 3.63) is 23.3 Å². The minimum absolute atomic E-state index is 0.753. The lowest BCUT2D eigenvalue weighted by Gasteiger charge is -2.10. The molecule has 0 radical (unpaired) electrons. The van der Waals surface area contributed by atoms with E-state index in [2.05, 4.69) is 19.1 Å². The summed E-state index contributed by atoms with van der Waals surface area (Å²) in [5, 5.41) is 0. The first kappa shape index (κ1) is 9.38. The fourth-order valence-corrected chi connectivity index (χ4v) is 1.96. The molecule has 0 saturated carbocycles. The number of hydrogen-bond acceptors (Lipinski definition) is 2. The van der Waals surface area contributed by atoms with Crippen LogP contribution in [0.5, 0.6) is 5.75 Å². The normalized spacial score (nSPS) is 14.1. The molecule has 2 nitrogen and oxygen atoms in total. The average molecular weight is 191 g/mol. The maximum atomic E-state index is 5.91. The van der Waals surface area contributed by atoms with Gasteiger partial charge in [0.15, 0.2) is 0 Å². The van der Waals surface area contributed by atoms with Gasteiger partial charge < -0.3 is 10.5 Å². The molecule has 0 saturated heterocycles. The van der Waals surface area contributed by atoms with Gasteiger partial charge in [0.2, 0.25) is 0 Å². The van der Waals surface area contributed by atoms with E-state index in [1.807, 2.05) is 0 Å². The second-order valence-corrected chi connectivity index (χ2v) is 3.86. The Bertz CT molecular complexity index is 333. The van der Waals surface area contributed by atoms with E-state index in [9.17, 15) is 0 Å². The van der Waals surface area contributed by atoms with E-state index in [-0.39, 0.29) is 0 Å². The third kappa shape index (κ3) is 1.69. The molecule has 1 aliphatic carbocycles. The Kier molecular flexibility index (Phi) is 2.62. The number of benzene rings is 1. The quantitative estimate of drug-likeness (QED) is 0.745. The van der Waals surface area contributed by atoms with Gasteiger partial charge in [-0.3, -0.25) is 0 Å². The molecule has 0 aromatic heterocycles. The number of ether oxygens (including phenoxy) is 1. The van der Waals surface area contributed by atoms with Gasteiger partial charge in [-0.1, -0.05) is 6.92 Å². The van der Waals surface area contributed by atoms with E-state index in [1.165, 1.54) is 30.4 Å². The van der Waals surface area contributed by atoms with Crippen molar-refractivity contribution >= 4 is 5.69 Å². The molecule has 1 aliphatic rings. The minimum atomic E-state index is 0.753. The smallest absolute Gasteiger partial charge is 0.142 e. The first-order chi connectivity index (χ1) is 6.81. The Labute approximate surface area is 85.1 Å². The highest BCUT2D eigenvalue weighted by molar-refractivity contribution is 5.58. The molecule has 14 heavy (non-hydrogen) atoms. The van der Waals surface area contributed by atoms with Gasteiger partial charge in [-0.15, -0.1) is 0 Å². The number of nitrogen functional groups attached to an aromatic ring is 1. The fourth-order valence-electron chi connectivity index (χ4n) is 1.96. The molecular weight excluding hydrogens is 174 g/mol. The largest absolute Gasteiger partial charge is 0.491 e. The first-order valence-corrected chi connectivity index (χ1v) is 5.35. The second-order valence-electron chi connectivity index (χ2n) is 3.86. The summed E-state index contributed by atoms with van der Waals surface area (Å²) in [6.07, 6.45) is 4.63. The highest BCUT2D eigenvalue weighted by atomic mass is 16.5. The highest BCUT2D eigenvalue weighted by Gasteiger charge is 2.13. The van der Waals surface area contributed by atoms with Crippen LogP contribution in [0.2, 0.25) is 0 Å². The number of anilines is 1. The zero-order chi connectivity index (χ0) is 9.97. The van der Waals surface area contributed by atoms with Crippen LogP contribution >= 0.6 is 0 Å². The molecule has 0 amide bonds. The fraction of sp³-hybridized carbons (Fsp3) is 0.500. The predicted octanol–water partition coefficient (Wildman–Crippen LogP) is 2.55. The van der Waals surface area contributed by atoms with Crippen molar-refractivity contribution in [2.75, 3.05) is 12.3 Å².